The molecule has 0 unspecified atom stereocenters. The summed E-state index contributed by atoms with van der Waals surface area (Å²) in [6.07, 6.45) is 0. The van der Waals surface area contributed by atoms with Crippen LogP contribution in [0.3, 0.4) is 0 Å². The number of nitrogens with zero attached hydrogens (tertiary/aromatic N) is 2. The van der Waals surface area contributed by atoms with Crippen LogP contribution < -0.4 is 10.6 Å². The number of rotatable bonds is 6. The van der Waals surface area contributed by atoms with E-state index in [9.17, 15) is 0 Å². The third-order valence-corrected chi connectivity index (χ3v) is 2.81. The van der Waals surface area contributed by atoms with Crippen molar-refractivity contribution in [3.05, 3.63) is 36.4 Å². The van der Waals surface area contributed by atoms with Crippen molar-refractivity contribution in [2.24, 2.45) is 0 Å². The highest BCUT2D eigenvalue weighted by atomic mass is 16.3. The van der Waals surface area contributed by atoms with Crippen molar-refractivity contribution in [2.75, 3.05) is 30.9 Å². The molecule has 1 aromatic carbocycles. The number of hydrogen-bond acceptors (Lipinski definition) is 6. The number of nitrogens with one attached hydrogen (secondary N) is 2. The van der Waals surface area contributed by atoms with Crippen LogP contribution in [0.2, 0.25) is 0 Å². The zero-order valence-corrected chi connectivity index (χ0v) is 11.2. The maximum atomic E-state index is 9.12. The number of anilines is 2. The van der Waals surface area contributed by atoms with Crippen LogP contribution in [0.15, 0.2) is 36.4 Å². The molecule has 0 aliphatic heterocycles. The van der Waals surface area contributed by atoms with Crippen molar-refractivity contribution >= 4 is 11.6 Å². The lowest BCUT2D eigenvalue weighted by atomic mass is 10.2. The molecule has 106 valence electrons. The van der Waals surface area contributed by atoms with Crippen LogP contribution in [0.1, 0.15) is 0 Å². The Morgan fingerprint density at radius 2 is 1.70 bits per heavy atom. The molecule has 4 N–H and O–H groups in total. The minimum Gasteiger partial charge on any atom is -0.394 e. The second-order valence-electron chi connectivity index (χ2n) is 4.28. The van der Waals surface area contributed by atoms with Crippen LogP contribution in [0, 0.1) is 0 Å². The van der Waals surface area contributed by atoms with Crippen LogP contribution >= 0.6 is 0 Å². The zero-order chi connectivity index (χ0) is 14.4. The minimum atomic E-state index is -0.446. The summed E-state index contributed by atoms with van der Waals surface area (Å²) in [5.41, 5.74) is 0.900. The Bertz CT molecular complexity index is 544. The maximum Gasteiger partial charge on any atom is 0.163 e. The summed E-state index contributed by atoms with van der Waals surface area (Å²) in [5.74, 6) is 1.79. The average Bonchev–Trinajstić information content (AvgIpc) is 2.53. The van der Waals surface area contributed by atoms with E-state index in [0.717, 1.165) is 5.56 Å². The molecule has 20 heavy (non-hydrogen) atoms. The quantitative estimate of drug-likeness (QED) is 0.627. The molecule has 2 rings (SSSR count). The number of aliphatic hydroxyl groups excluding tert-OH is 2. The van der Waals surface area contributed by atoms with Crippen molar-refractivity contribution in [3.63, 3.8) is 0 Å². The summed E-state index contributed by atoms with van der Waals surface area (Å²) in [6, 6.07) is 10.9. The molecule has 0 aliphatic rings. The Balaban J connectivity index is 2.34. The van der Waals surface area contributed by atoms with Gasteiger partial charge in [0.05, 0.1) is 19.3 Å². The molecule has 0 saturated heterocycles. The summed E-state index contributed by atoms with van der Waals surface area (Å²) in [5, 5.41) is 24.2. The molecule has 0 aliphatic carbocycles. The molecule has 0 fully saturated rings. The summed E-state index contributed by atoms with van der Waals surface area (Å²) >= 11 is 0. The van der Waals surface area contributed by atoms with Crippen LogP contribution in [-0.2, 0) is 0 Å². The van der Waals surface area contributed by atoms with Gasteiger partial charge in [-0.1, -0.05) is 30.3 Å². The molecule has 0 saturated carbocycles. The van der Waals surface area contributed by atoms with Crippen LogP contribution in [-0.4, -0.2) is 46.5 Å². The molecule has 1 aromatic heterocycles. The molecule has 0 bridgehead atoms. The fourth-order valence-electron chi connectivity index (χ4n) is 1.72. The van der Waals surface area contributed by atoms with E-state index in [1.807, 2.05) is 30.3 Å². The van der Waals surface area contributed by atoms with Crippen molar-refractivity contribution < 1.29 is 10.2 Å². The van der Waals surface area contributed by atoms with Crippen molar-refractivity contribution in [3.8, 4) is 11.4 Å². The maximum absolute atomic E-state index is 9.12. The summed E-state index contributed by atoms with van der Waals surface area (Å²) in [4.78, 5) is 8.80. The normalized spacial score (nSPS) is 10.6. The van der Waals surface area contributed by atoms with Gasteiger partial charge in [0.25, 0.3) is 0 Å². The molecule has 1 heterocycles. The van der Waals surface area contributed by atoms with Crippen molar-refractivity contribution in [1.29, 1.82) is 0 Å². The Kier molecular flexibility index (Phi) is 4.86. The zero-order valence-electron chi connectivity index (χ0n) is 11.2. The average molecular weight is 274 g/mol. The van der Waals surface area contributed by atoms with Gasteiger partial charge < -0.3 is 20.8 Å². The molecular weight excluding hydrogens is 256 g/mol. The monoisotopic (exact) mass is 274 g/mol. The highest BCUT2D eigenvalue weighted by molar-refractivity contribution is 5.61. The number of aliphatic hydroxyl groups is 2. The molecule has 6 nitrogen and oxygen atoms in total. The number of benzene rings is 1. The van der Waals surface area contributed by atoms with E-state index in [2.05, 4.69) is 20.6 Å². The van der Waals surface area contributed by atoms with Gasteiger partial charge >= 0.3 is 0 Å². The van der Waals surface area contributed by atoms with E-state index in [0.29, 0.717) is 17.5 Å². The van der Waals surface area contributed by atoms with E-state index in [1.165, 1.54) is 0 Å². The first-order valence-corrected chi connectivity index (χ1v) is 6.37. The Morgan fingerprint density at radius 1 is 1.05 bits per heavy atom. The molecule has 0 spiro atoms. The van der Waals surface area contributed by atoms with Gasteiger partial charge in [-0.25, -0.2) is 9.97 Å². The first-order valence-electron chi connectivity index (χ1n) is 6.37. The lowest BCUT2D eigenvalue weighted by molar-refractivity contribution is 0.203. The predicted octanol–water partition coefficient (Wildman–Crippen LogP) is 0.950. The van der Waals surface area contributed by atoms with Gasteiger partial charge in [0.2, 0.25) is 0 Å². The topological polar surface area (TPSA) is 90.3 Å². The molecule has 2 aromatic rings. The first kappa shape index (κ1) is 14.2. The van der Waals surface area contributed by atoms with E-state index in [4.69, 9.17) is 10.2 Å². The number of hydrogen-bond donors (Lipinski definition) is 4. The van der Waals surface area contributed by atoms with Crippen LogP contribution in [0.5, 0.6) is 0 Å². The molecule has 0 amide bonds. The minimum absolute atomic E-state index is 0.171. The third-order valence-electron chi connectivity index (χ3n) is 2.81. The van der Waals surface area contributed by atoms with Crippen LogP contribution in [0.25, 0.3) is 11.4 Å². The fourth-order valence-corrected chi connectivity index (χ4v) is 1.72. The summed E-state index contributed by atoms with van der Waals surface area (Å²) in [7, 11) is 1.77. The Labute approximate surface area is 117 Å². The van der Waals surface area contributed by atoms with Gasteiger partial charge in [0, 0.05) is 18.7 Å². The second-order valence-corrected chi connectivity index (χ2v) is 4.28. The van der Waals surface area contributed by atoms with Gasteiger partial charge in [-0.05, 0) is 0 Å². The molecule has 0 radical (unpaired) electrons. The lowest BCUT2D eigenvalue weighted by Gasteiger charge is -2.15. The summed E-state index contributed by atoms with van der Waals surface area (Å²) in [6.45, 7) is -0.341. The smallest absolute Gasteiger partial charge is 0.163 e. The Morgan fingerprint density at radius 3 is 2.30 bits per heavy atom. The lowest BCUT2D eigenvalue weighted by Crippen LogP contribution is -2.28. The largest absolute Gasteiger partial charge is 0.394 e. The van der Waals surface area contributed by atoms with Crippen LogP contribution in [0.4, 0.5) is 11.6 Å². The number of aromatic nitrogens is 2. The third kappa shape index (κ3) is 3.43. The van der Waals surface area contributed by atoms with E-state index in [-0.39, 0.29) is 13.2 Å². The van der Waals surface area contributed by atoms with Crippen molar-refractivity contribution in [2.45, 2.75) is 6.04 Å². The first-order chi connectivity index (χ1) is 9.76. The van der Waals surface area contributed by atoms with E-state index >= 15 is 0 Å². The van der Waals surface area contributed by atoms with E-state index < -0.39 is 6.04 Å². The van der Waals surface area contributed by atoms with Gasteiger partial charge in [-0.15, -0.1) is 0 Å². The highest BCUT2D eigenvalue weighted by Gasteiger charge is 2.10. The Hall–Kier alpha value is -2.18. The fraction of sp³-hybridized carbons (Fsp3) is 0.286. The SMILES string of the molecule is CNc1cc(NC(CO)CO)nc(-c2ccccc2)n1. The van der Waals surface area contributed by atoms with Gasteiger partial charge in [0.1, 0.15) is 11.6 Å². The second kappa shape index (κ2) is 6.83. The molecule has 6 heteroatoms. The molecule has 0 atom stereocenters. The molecular formula is C14H18N4O2. The highest BCUT2D eigenvalue weighted by Crippen LogP contribution is 2.20. The predicted molar refractivity (Wildman–Crippen MR) is 78.6 cm³/mol. The van der Waals surface area contributed by atoms with Crippen molar-refractivity contribution in [1.82, 2.24) is 9.97 Å². The van der Waals surface area contributed by atoms with Gasteiger partial charge in [-0.2, -0.15) is 0 Å². The van der Waals surface area contributed by atoms with Gasteiger partial charge in [-0.3, -0.25) is 0 Å². The van der Waals surface area contributed by atoms with E-state index in [1.54, 1.807) is 13.1 Å². The van der Waals surface area contributed by atoms with Gasteiger partial charge in [0.15, 0.2) is 5.82 Å². The standard InChI is InChI=1S/C14H18N4O2/c1-15-12-7-13(16-11(8-19)9-20)18-14(17-12)10-5-3-2-4-6-10/h2-7,11,19-20H,8-9H2,1H3,(H2,15,16,17,18). The summed E-state index contributed by atoms with van der Waals surface area (Å²) < 4.78 is 0.